The van der Waals surface area contributed by atoms with Crippen molar-refractivity contribution < 1.29 is 19.1 Å². The zero-order valence-corrected chi connectivity index (χ0v) is 20.1. The summed E-state index contributed by atoms with van der Waals surface area (Å²) in [6.07, 6.45) is 21.8. The van der Waals surface area contributed by atoms with Gasteiger partial charge in [-0.25, -0.2) is 0 Å². The Bertz CT molecular complexity index is 429. The fraction of sp³-hybridized carbons (Fsp3) is 0.846. The molecule has 0 heterocycles. The van der Waals surface area contributed by atoms with Crippen LogP contribution in [0.15, 0.2) is 12.3 Å². The molecule has 0 unspecified atom stereocenters. The van der Waals surface area contributed by atoms with E-state index in [1.807, 2.05) is 6.08 Å². The van der Waals surface area contributed by atoms with Gasteiger partial charge in [-0.15, -0.1) is 0 Å². The average Bonchev–Trinajstić information content (AvgIpc) is 2.72. The fourth-order valence-electron chi connectivity index (χ4n) is 3.29. The van der Waals surface area contributed by atoms with Gasteiger partial charge in [0.05, 0.1) is 25.7 Å². The highest BCUT2D eigenvalue weighted by Gasteiger charge is 2.08. The predicted molar refractivity (Wildman–Crippen MR) is 125 cm³/mol. The van der Waals surface area contributed by atoms with Crippen molar-refractivity contribution >= 4 is 11.9 Å². The SMILES string of the molecule is CCCCCCCCCCC=COC(=O)CCC(=O)OCCCCCCCC(C)C. The van der Waals surface area contributed by atoms with E-state index in [9.17, 15) is 9.59 Å². The second-order valence-electron chi connectivity index (χ2n) is 8.80. The summed E-state index contributed by atoms with van der Waals surface area (Å²) in [6.45, 7) is 7.20. The Morgan fingerprint density at radius 1 is 0.733 bits per heavy atom. The Morgan fingerprint density at radius 2 is 1.30 bits per heavy atom. The van der Waals surface area contributed by atoms with Crippen LogP contribution in [0.3, 0.4) is 0 Å². The summed E-state index contributed by atoms with van der Waals surface area (Å²) in [5, 5.41) is 0. The summed E-state index contributed by atoms with van der Waals surface area (Å²) < 4.78 is 10.2. The number of rotatable bonds is 21. The molecular formula is C26H48O4. The third kappa shape index (κ3) is 23.0. The lowest BCUT2D eigenvalue weighted by Crippen LogP contribution is -2.09. The molecule has 0 atom stereocenters. The first-order valence-corrected chi connectivity index (χ1v) is 12.6. The Labute approximate surface area is 186 Å². The van der Waals surface area contributed by atoms with Crippen molar-refractivity contribution in [2.24, 2.45) is 5.92 Å². The molecule has 0 saturated carbocycles. The van der Waals surface area contributed by atoms with Gasteiger partial charge >= 0.3 is 11.9 Å². The average molecular weight is 425 g/mol. The maximum Gasteiger partial charge on any atom is 0.311 e. The van der Waals surface area contributed by atoms with Crippen LogP contribution in [0.2, 0.25) is 0 Å². The molecule has 0 aliphatic rings. The molecule has 0 bridgehead atoms. The molecule has 4 nitrogen and oxygen atoms in total. The minimum absolute atomic E-state index is 0.0795. The van der Waals surface area contributed by atoms with Crippen LogP contribution in [0.1, 0.15) is 130 Å². The summed E-state index contributed by atoms with van der Waals surface area (Å²) in [7, 11) is 0. The van der Waals surface area contributed by atoms with Crippen molar-refractivity contribution in [2.45, 2.75) is 130 Å². The third-order valence-electron chi connectivity index (χ3n) is 5.24. The molecule has 0 aromatic heterocycles. The number of unbranched alkanes of at least 4 members (excludes halogenated alkanes) is 12. The van der Waals surface area contributed by atoms with Gasteiger partial charge in [-0.1, -0.05) is 97.8 Å². The van der Waals surface area contributed by atoms with Crippen LogP contribution < -0.4 is 0 Å². The fourth-order valence-corrected chi connectivity index (χ4v) is 3.29. The Morgan fingerprint density at radius 3 is 1.97 bits per heavy atom. The zero-order valence-electron chi connectivity index (χ0n) is 20.1. The summed E-state index contributed by atoms with van der Waals surface area (Å²) in [6, 6.07) is 0. The van der Waals surface area contributed by atoms with E-state index in [-0.39, 0.29) is 24.8 Å². The zero-order chi connectivity index (χ0) is 22.3. The molecule has 0 spiro atoms. The second kappa shape index (κ2) is 22.4. The first-order valence-electron chi connectivity index (χ1n) is 12.6. The minimum atomic E-state index is -0.371. The molecule has 0 aromatic carbocycles. The van der Waals surface area contributed by atoms with E-state index >= 15 is 0 Å². The molecule has 176 valence electrons. The van der Waals surface area contributed by atoms with E-state index in [1.165, 1.54) is 76.9 Å². The van der Waals surface area contributed by atoms with Crippen LogP contribution >= 0.6 is 0 Å². The highest BCUT2D eigenvalue weighted by molar-refractivity contribution is 5.77. The largest absolute Gasteiger partial charge is 0.466 e. The topological polar surface area (TPSA) is 52.6 Å². The second-order valence-corrected chi connectivity index (χ2v) is 8.80. The molecular weight excluding hydrogens is 376 g/mol. The molecule has 0 aromatic rings. The van der Waals surface area contributed by atoms with Crippen LogP contribution in [-0.4, -0.2) is 18.5 Å². The van der Waals surface area contributed by atoms with Gasteiger partial charge in [0.15, 0.2) is 0 Å². The Hall–Kier alpha value is -1.32. The molecule has 0 radical (unpaired) electrons. The number of carbonyl (C=O) groups excluding carboxylic acids is 2. The van der Waals surface area contributed by atoms with Crippen molar-refractivity contribution in [3.63, 3.8) is 0 Å². The first kappa shape index (κ1) is 28.7. The number of hydrogen-bond acceptors (Lipinski definition) is 4. The van der Waals surface area contributed by atoms with Crippen molar-refractivity contribution in [2.75, 3.05) is 6.61 Å². The van der Waals surface area contributed by atoms with E-state index in [0.29, 0.717) is 6.61 Å². The van der Waals surface area contributed by atoms with Gasteiger partial charge < -0.3 is 9.47 Å². The number of ether oxygens (including phenoxy) is 2. The van der Waals surface area contributed by atoms with Gasteiger partial charge in [0.1, 0.15) is 0 Å². The van der Waals surface area contributed by atoms with E-state index in [1.54, 1.807) is 0 Å². The Balaban J connectivity index is 3.42. The van der Waals surface area contributed by atoms with Crippen LogP contribution in [0.25, 0.3) is 0 Å². The number of carbonyl (C=O) groups is 2. The number of allylic oxidation sites excluding steroid dienone is 1. The van der Waals surface area contributed by atoms with Crippen molar-refractivity contribution in [3.05, 3.63) is 12.3 Å². The molecule has 0 aliphatic carbocycles. The van der Waals surface area contributed by atoms with Gasteiger partial charge in [-0.2, -0.15) is 0 Å². The van der Waals surface area contributed by atoms with E-state index in [4.69, 9.17) is 9.47 Å². The molecule has 30 heavy (non-hydrogen) atoms. The maximum absolute atomic E-state index is 11.7. The Kier molecular flexibility index (Phi) is 21.4. The number of hydrogen-bond donors (Lipinski definition) is 0. The predicted octanol–water partition coefficient (Wildman–Crippen LogP) is 7.89. The summed E-state index contributed by atoms with van der Waals surface area (Å²) >= 11 is 0. The minimum Gasteiger partial charge on any atom is -0.466 e. The monoisotopic (exact) mass is 424 g/mol. The lowest BCUT2D eigenvalue weighted by atomic mass is 10.0. The van der Waals surface area contributed by atoms with Crippen LogP contribution in [0.5, 0.6) is 0 Å². The standard InChI is InChI=1S/C26H48O4/c1-4-5-6-7-8-9-10-11-14-17-22-29-25(27)20-21-26(28)30-23-18-15-12-13-16-19-24(2)3/h17,22,24H,4-16,18-21,23H2,1-3H3. The van der Waals surface area contributed by atoms with E-state index < -0.39 is 0 Å². The van der Waals surface area contributed by atoms with Gasteiger partial charge in [0.25, 0.3) is 0 Å². The van der Waals surface area contributed by atoms with Crippen molar-refractivity contribution in [3.8, 4) is 0 Å². The smallest absolute Gasteiger partial charge is 0.311 e. The van der Waals surface area contributed by atoms with Gasteiger partial charge in [-0.3, -0.25) is 9.59 Å². The first-order chi connectivity index (χ1) is 14.6. The van der Waals surface area contributed by atoms with Crippen LogP contribution in [-0.2, 0) is 19.1 Å². The van der Waals surface area contributed by atoms with Gasteiger partial charge in [0, 0.05) is 0 Å². The number of esters is 2. The molecule has 0 fully saturated rings. The summed E-state index contributed by atoms with van der Waals surface area (Å²) in [4.78, 5) is 23.3. The van der Waals surface area contributed by atoms with Crippen LogP contribution in [0.4, 0.5) is 0 Å². The highest BCUT2D eigenvalue weighted by atomic mass is 16.5. The van der Waals surface area contributed by atoms with Gasteiger partial charge in [0.2, 0.25) is 0 Å². The van der Waals surface area contributed by atoms with Crippen molar-refractivity contribution in [1.82, 2.24) is 0 Å². The van der Waals surface area contributed by atoms with Gasteiger partial charge in [-0.05, 0) is 31.3 Å². The lowest BCUT2D eigenvalue weighted by Gasteiger charge is -2.06. The van der Waals surface area contributed by atoms with E-state index in [2.05, 4.69) is 20.8 Å². The van der Waals surface area contributed by atoms with E-state index in [0.717, 1.165) is 31.6 Å². The third-order valence-corrected chi connectivity index (χ3v) is 5.24. The molecule has 0 amide bonds. The van der Waals surface area contributed by atoms with Crippen LogP contribution in [0, 0.1) is 5.92 Å². The summed E-state index contributed by atoms with van der Waals surface area (Å²) in [5.41, 5.74) is 0. The van der Waals surface area contributed by atoms with Crippen molar-refractivity contribution in [1.29, 1.82) is 0 Å². The molecule has 4 heteroatoms. The molecule has 0 rings (SSSR count). The lowest BCUT2D eigenvalue weighted by molar-refractivity contribution is -0.148. The molecule has 0 saturated heterocycles. The summed E-state index contributed by atoms with van der Waals surface area (Å²) in [5.74, 6) is 0.0991. The molecule has 0 aliphatic heterocycles. The highest BCUT2D eigenvalue weighted by Crippen LogP contribution is 2.11. The molecule has 0 N–H and O–H groups in total. The normalized spacial score (nSPS) is 11.3. The maximum atomic E-state index is 11.7. The quantitative estimate of drug-likeness (QED) is 0.107.